The van der Waals surface area contributed by atoms with E-state index in [2.05, 4.69) is 38.1 Å². The summed E-state index contributed by atoms with van der Waals surface area (Å²) in [7, 11) is 3.38. The Kier molecular flexibility index (Phi) is 4.10. The van der Waals surface area contributed by atoms with Crippen LogP contribution in [0, 0.1) is 0 Å². The lowest BCUT2D eigenvalue weighted by molar-refractivity contribution is 0.414. The van der Waals surface area contributed by atoms with Crippen molar-refractivity contribution in [2.24, 2.45) is 0 Å². The summed E-state index contributed by atoms with van der Waals surface area (Å²) in [5.41, 5.74) is 3.75. The van der Waals surface area contributed by atoms with E-state index in [1.54, 1.807) is 14.2 Å². The Balaban J connectivity index is 2.47. The third-order valence-corrected chi connectivity index (χ3v) is 3.28. The van der Waals surface area contributed by atoms with Gasteiger partial charge in [0.2, 0.25) is 0 Å². The van der Waals surface area contributed by atoms with E-state index >= 15 is 0 Å². The summed E-state index contributed by atoms with van der Waals surface area (Å²) in [5.74, 6) is 2.23. The van der Waals surface area contributed by atoms with Crippen LogP contribution in [-0.4, -0.2) is 14.2 Å². The van der Waals surface area contributed by atoms with Crippen LogP contribution in [0.2, 0.25) is 0 Å². The molecule has 0 spiro atoms. The van der Waals surface area contributed by atoms with Gasteiger partial charge in [0.1, 0.15) is 11.5 Å². The Morgan fingerprint density at radius 2 is 1.37 bits per heavy atom. The highest BCUT2D eigenvalue weighted by Gasteiger charge is 2.10. The van der Waals surface area contributed by atoms with Crippen molar-refractivity contribution < 1.29 is 9.47 Å². The molecule has 0 atom stereocenters. The summed E-state index contributed by atoms with van der Waals surface area (Å²) in [6.45, 7) is 4.39. The molecule has 0 aliphatic carbocycles. The fraction of sp³-hybridized carbons (Fsp3) is 0.294. The van der Waals surface area contributed by atoms with Gasteiger partial charge < -0.3 is 9.47 Å². The third-order valence-electron chi connectivity index (χ3n) is 3.28. The van der Waals surface area contributed by atoms with Crippen molar-refractivity contribution in [2.45, 2.75) is 19.8 Å². The van der Waals surface area contributed by atoms with E-state index < -0.39 is 0 Å². The van der Waals surface area contributed by atoms with Crippen LogP contribution in [0.15, 0.2) is 42.5 Å². The fourth-order valence-corrected chi connectivity index (χ4v) is 2.18. The van der Waals surface area contributed by atoms with Crippen molar-refractivity contribution in [3.05, 3.63) is 48.0 Å². The Hall–Kier alpha value is -1.96. The van der Waals surface area contributed by atoms with Gasteiger partial charge in [0, 0.05) is 0 Å². The monoisotopic (exact) mass is 256 g/mol. The smallest absolute Gasteiger partial charge is 0.119 e. The molecule has 0 saturated carbocycles. The fourth-order valence-electron chi connectivity index (χ4n) is 2.18. The Morgan fingerprint density at radius 3 is 1.89 bits per heavy atom. The first-order valence-electron chi connectivity index (χ1n) is 6.48. The van der Waals surface area contributed by atoms with Crippen molar-refractivity contribution in [3.63, 3.8) is 0 Å². The number of methoxy groups -OCH3 is 2. The Morgan fingerprint density at radius 1 is 0.789 bits per heavy atom. The van der Waals surface area contributed by atoms with E-state index in [1.165, 1.54) is 16.7 Å². The van der Waals surface area contributed by atoms with Gasteiger partial charge in [-0.15, -0.1) is 0 Å². The third kappa shape index (κ3) is 2.90. The summed E-state index contributed by atoms with van der Waals surface area (Å²) in [6.07, 6.45) is 0. The molecule has 2 nitrogen and oxygen atoms in total. The lowest BCUT2D eigenvalue weighted by atomic mass is 9.92. The molecule has 19 heavy (non-hydrogen) atoms. The van der Waals surface area contributed by atoms with E-state index in [-0.39, 0.29) is 0 Å². The average molecular weight is 256 g/mol. The predicted octanol–water partition coefficient (Wildman–Crippen LogP) is 4.49. The summed E-state index contributed by atoms with van der Waals surface area (Å²) in [4.78, 5) is 0. The number of benzene rings is 2. The zero-order valence-corrected chi connectivity index (χ0v) is 11.9. The normalized spacial score (nSPS) is 10.6. The van der Waals surface area contributed by atoms with Gasteiger partial charge in [-0.05, 0) is 46.9 Å². The molecule has 2 aromatic carbocycles. The summed E-state index contributed by atoms with van der Waals surface area (Å²) in [5, 5.41) is 0. The van der Waals surface area contributed by atoms with Crippen molar-refractivity contribution in [3.8, 4) is 22.6 Å². The molecule has 2 heteroatoms. The van der Waals surface area contributed by atoms with E-state index in [9.17, 15) is 0 Å². The second-order valence-electron chi connectivity index (χ2n) is 4.84. The van der Waals surface area contributed by atoms with E-state index in [4.69, 9.17) is 9.47 Å². The molecule has 0 radical (unpaired) electrons. The molecule has 0 N–H and O–H groups in total. The van der Waals surface area contributed by atoms with Gasteiger partial charge in [0.05, 0.1) is 14.2 Å². The number of hydrogen-bond acceptors (Lipinski definition) is 2. The zero-order chi connectivity index (χ0) is 13.8. The standard InChI is InChI=1S/C17H20O2/c1-12(2)17-11-15(19-4)9-10-16(17)13-5-7-14(18-3)8-6-13/h5-12H,1-4H3. The number of rotatable bonds is 4. The Labute approximate surface area is 115 Å². The van der Waals surface area contributed by atoms with Gasteiger partial charge in [-0.2, -0.15) is 0 Å². The molecule has 100 valence electrons. The molecule has 0 aliphatic heterocycles. The summed E-state index contributed by atoms with van der Waals surface area (Å²) < 4.78 is 10.5. The summed E-state index contributed by atoms with van der Waals surface area (Å²) >= 11 is 0. The molecular weight excluding hydrogens is 236 g/mol. The highest BCUT2D eigenvalue weighted by Crippen LogP contribution is 2.33. The highest BCUT2D eigenvalue weighted by atomic mass is 16.5. The molecule has 2 rings (SSSR count). The van der Waals surface area contributed by atoms with Gasteiger partial charge in [0.15, 0.2) is 0 Å². The van der Waals surface area contributed by atoms with E-state index in [0.717, 1.165) is 11.5 Å². The maximum Gasteiger partial charge on any atom is 0.119 e. The van der Waals surface area contributed by atoms with Crippen LogP contribution in [0.3, 0.4) is 0 Å². The van der Waals surface area contributed by atoms with Crippen molar-refractivity contribution >= 4 is 0 Å². The topological polar surface area (TPSA) is 18.5 Å². The minimum absolute atomic E-state index is 0.451. The maximum atomic E-state index is 5.31. The SMILES string of the molecule is COc1ccc(-c2ccc(OC)cc2C(C)C)cc1. The predicted molar refractivity (Wildman–Crippen MR) is 79.1 cm³/mol. The Bertz CT molecular complexity index is 542. The van der Waals surface area contributed by atoms with Crippen LogP contribution in [0.25, 0.3) is 11.1 Å². The van der Waals surface area contributed by atoms with Gasteiger partial charge in [-0.1, -0.05) is 32.0 Å². The second-order valence-corrected chi connectivity index (χ2v) is 4.84. The number of ether oxygens (including phenoxy) is 2. The van der Waals surface area contributed by atoms with Crippen LogP contribution in [0.5, 0.6) is 11.5 Å². The van der Waals surface area contributed by atoms with Crippen LogP contribution in [-0.2, 0) is 0 Å². The largest absolute Gasteiger partial charge is 0.497 e. The van der Waals surface area contributed by atoms with Gasteiger partial charge in [-0.3, -0.25) is 0 Å². The average Bonchev–Trinajstić information content (AvgIpc) is 2.46. The molecule has 0 unspecified atom stereocenters. The van der Waals surface area contributed by atoms with E-state index in [0.29, 0.717) is 5.92 Å². The van der Waals surface area contributed by atoms with Gasteiger partial charge in [0.25, 0.3) is 0 Å². The molecule has 0 aliphatic rings. The van der Waals surface area contributed by atoms with Crippen molar-refractivity contribution in [2.75, 3.05) is 14.2 Å². The lowest BCUT2D eigenvalue weighted by Gasteiger charge is -2.15. The molecule has 2 aromatic rings. The maximum absolute atomic E-state index is 5.31. The minimum atomic E-state index is 0.451. The molecule has 0 fully saturated rings. The molecule has 0 amide bonds. The molecule has 0 saturated heterocycles. The molecule has 0 heterocycles. The first-order valence-corrected chi connectivity index (χ1v) is 6.48. The lowest BCUT2D eigenvalue weighted by Crippen LogP contribution is -1.94. The quantitative estimate of drug-likeness (QED) is 0.802. The van der Waals surface area contributed by atoms with Crippen LogP contribution in [0.1, 0.15) is 25.3 Å². The van der Waals surface area contributed by atoms with Crippen LogP contribution in [0.4, 0.5) is 0 Å². The first-order chi connectivity index (χ1) is 9.15. The highest BCUT2D eigenvalue weighted by molar-refractivity contribution is 5.69. The van der Waals surface area contributed by atoms with Crippen molar-refractivity contribution in [1.82, 2.24) is 0 Å². The first kappa shape index (κ1) is 13.5. The number of hydrogen-bond donors (Lipinski definition) is 0. The molecule has 0 bridgehead atoms. The van der Waals surface area contributed by atoms with Gasteiger partial charge in [-0.25, -0.2) is 0 Å². The van der Waals surface area contributed by atoms with Crippen LogP contribution >= 0.6 is 0 Å². The van der Waals surface area contributed by atoms with Crippen molar-refractivity contribution in [1.29, 1.82) is 0 Å². The molecular formula is C17H20O2. The van der Waals surface area contributed by atoms with E-state index in [1.807, 2.05) is 18.2 Å². The minimum Gasteiger partial charge on any atom is -0.497 e. The summed E-state index contributed by atoms with van der Waals surface area (Å²) in [6, 6.07) is 14.4. The molecule has 0 aromatic heterocycles. The second kappa shape index (κ2) is 5.79. The zero-order valence-electron chi connectivity index (χ0n) is 11.9. The van der Waals surface area contributed by atoms with Gasteiger partial charge >= 0.3 is 0 Å². The van der Waals surface area contributed by atoms with Crippen LogP contribution < -0.4 is 9.47 Å².